The van der Waals surface area contributed by atoms with Crippen molar-refractivity contribution in [2.45, 2.75) is 39.7 Å². The fourth-order valence-corrected chi connectivity index (χ4v) is 3.30. The lowest BCUT2D eigenvalue weighted by Crippen LogP contribution is -2.32. The van der Waals surface area contributed by atoms with E-state index in [1.165, 1.54) is 18.5 Å². The van der Waals surface area contributed by atoms with Gasteiger partial charge in [0, 0.05) is 22.1 Å². The molecule has 0 saturated carbocycles. The molecule has 4 heteroatoms. The van der Waals surface area contributed by atoms with Crippen LogP contribution in [0.5, 0.6) is 0 Å². The zero-order valence-electron chi connectivity index (χ0n) is 13.6. The molecular weight excluding hydrogens is 348 g/mol. The third kappa shape index (κ3) is 6.27. The molecule has 0 heterocycles. The summed E-state index contributed by atoms with van der Waals surface area (Å²) >= 11 is 9.84. The maximum absolute atomic E-state index is 6.38. The minimum Gasteiger partial charge on any atom is -0.313 e. The Bertz CT molecular complexity index is 425. The van der Waals surface area contributed by atoms with Gasteiger partial charge >= 0.3 is 0 Å². The normalized spacial score (nSPS) is 14.4. The molecule has 1 N–H and O–H groups in total. The van der Waals surface area contributed by atoms with E-state index in [9.17, 15) is 0 Å². The lowest BCUT2D eigenvalue weighted by atomic mass is 10.0. The lowest BCUT2D eigenvalue weighted by molar-refractivity contribution is 0.234. The van der Waals surface area contributed by atoms with Crippen LogP contribution in [0.25, 0.3) is 0 Å². The average molecular weight is 376 g/mol. The molecule has 0 spiro atoms. The Morgan fingerprint density at radius 3 is 2.57 bits per heavy atom. The van der Waals surface area contributed by atoms with Crippen LogP contribution >= 0.6 is 27.5 Å². The van der Waals surface area contributed by atoms with Gasteiger partial charge in [-0.15, -0.1) is 0 Å². The first-order chi connectivity index (χ1) is 10.0. The first-order valence-electron chi connectivity index (χ1n) is 7.86. The van der Waals surface area contributed by atoms with Gasteiger partial charge in [0.2, 0.25) is 0 Å². The van der Waals surface area contributed by atoms with Crippen molar-refractivity contribution in [1.82, 2.24) is 10.2 Å². The highest BCUT2D eigenvalue weighted by atomic mass is 79.9. The number of halogens is 2. The quantitative estimate of drug-likeness (QED) is 0.644. The van der Waals surface area contributed by atoms with Crippen molar-refractivity contribution < 1.29 is 0 Å². The summed E-state index contributed by atoms with van der Waals surface area (Å²) in [5.74, 6) is 0.759. The highest BCUT2D eigenvalue weighted by Gasteiger charge is 2.15. The van der Waals surface area contributed by atoms with Crippen LogP contribution in [-0.2, 0) is 0 Å². The third-order valence-corrected chi connectivity index (χ3v) is 4.95. The summed E-state index contributed by atoms with van der Waals surface area (Å²) in [5.41, 5.74) is 1.18. The predicted octanol–water partition coefficient (Wildman–Crippen LogP) is 5.12. The van der Waals surface area contributed by atoms with E-state index >= 15 is 0 Å². The maximum atomic E-state index is 6.38. The van der Waals surface area contributed by atoms with E-state index in [1.807, 2.05) is 13.1 Å². The Kier molecular flexibility index (Phi) is 8.88. The molecule has 0 saturated heterocycles. The number of nitrogens with zero attached hydrogens (tertiary/aromatic N) is 1. The minimum absolute atomic E-state index is 0.302. The highest BCUT2D eigenvalue weighted by molar-refractivity contribution is 9.10. The monoisotopic (exact) mass is 374 g/mol. The molecular formula is C17H28BrClN2. The fraction of sp³-hybridized carbons (Fsp3) is 0.647. The van der Waals surface area contributed by atoms with Gasteiger partial charge in [-0.05, 0) is 50.2 Å². The molecule has 1 rings (SSSR count). The van der Waals surface area contributed by atoms with E-state index in [0.29, 0.717) is 6.04 Å². The van der Waals surface area contributed by atoms with Crippen molar-refractivity contribution in [3.63, 3.8) is 0 Å². The molecule has 0 fully saturated rings. The molecule has 0 aliphatic rings. The van der Waals surface area contributed by atoms with Crippen LogP contribution in [0.15, 0.2) is 22.7 Å². The van der Waals surface area contributed by atoms with Gasteiger partial charge in [-0.2, -0.15) is 0 Å². The Hall–Kier alpha value is -0.0900. The average Bonchev–Trinajstić information content (AvgIpc) is 2.47. The zero-order valence-corrected chi connectivity index (χ0v) is 16.0. The fourth-order valence-electron chi connectivity index (χ4n) is 2.50. The molecule has 21 heavy (non-hydrogen) atoms. The molecule has 1 aromatic rings. The molecule has 0 aliphatic carbocycles. The SMILES string of the molecule is CCC(C)CN(CC)CCC(NC)c1ccc(Br)cc1Cl. The predicted molar refractivity (Wildman–Crippen MR) is 97.1 cm³/mol. The molecule has 1 aromatic carbocycles. The van der Waals surface area contributed by atoms with Gasteiger partial charge in [0.05, 0.1) is 0 Å². The summed E-state index contributed by atoms with van der Waals surface area (Å²) in [6.45, 7) is 10.2. The van der Waals surface area contributed by atoms with E-state index in [4.69, 9.17) is 11.6 Å². The number of rotatable bonds is 9. The van der Waals surface area contributed by atoms with Gasteiger partial charge in [-0.25, -0.2) is 0 Å². The number of benzene rings is 1. The molecule has 0 bridgehead atoms. The van der Waals surface area contributed by atoms with E-state index in [-0.39, 0.29) is 0 Å². The van der Waals surface area contributed by atoms with Crippen molar-refractivity contribution >= 4 is 27.5 Å². The van der Waals surface area contributed by atoms with Gasteiger partial charge < -0.3 is 10.2 Å². The standard InChI is InChI=1S/C17H28BrClN2/c1-5-13(3)12-21(6-2)10-9-17(20-4)15-8-7-14(18)11-16(15)19/h7-8,11,13,17,20H,5-6,9-10,12H2,1-4H3. The second-order valence-electron chi connectivity index (χ2n) is 5.70. The Morgan fingerprint density at radius 1 is 1.33 bits per heavy atom. The van der Waals surface area contributed by atoms with Crippen LogP contribution in [0.4, 0.5) is 0 Å². The summed E-state index contributed by atoms with van der Waals surface area (Å²) in [6, 6.07) is 6.44. The molecule has 0 amide bonds. The molecule has 0 aromatic heterocycles. The van der Waals surface area contributed by atoms with E-state index in [0.717, 1.165) is 34.9 Å². The van der Waals surface area contributed by atoms with E-state index in [1.54, 1.807) is 0 Å². The Balaban J connectivity index is 2.64. The molecule has 0 aliphatic heterocycles. The van der Waals surface area contributed by atoms with Crippen molar-refractivity contribution in [1.29, 1.82) is 0 Å². The van der Waals surface area contributed by atoms with Crippen molar-refractivity contribution in [3.05, 3.63) is 33.3 Å². The van der Waals surface area contributed by atoms with Gasteiger partial charge in [0.25, 0.3) is 0 Å². The van der Waals surface area contributed by atoms with E-state index < -0.39 is 0 Å². The van der Waals surface area contributed by atoms with Gasteiger partial charge in [-0.3, -0.25) is 0 Å². The van der Waals surface area contributed by atoms with Crippen LogP contribution in [0, 0.1) is 5.92 Å². The molecule has 0 radical (unpaired) electrons. The first-order valence-corrected chi connectivity index (χ1v) is 9.03. The van der Waals surface area contributed by atoms with Gasteiger partial charge in [0.15, 0.2) is 0 Å². The summed E-state index contributed by atoms with van der Waals surface area (Å²) in [6.07, 6.45) is 2.31. The van der Waals surface area contributed by atoms with Crippen molar-refractivity contribution in [2.24, 2.45) is 5.92 Å². The third-order valence-electron chi connectivity index (χ3n) is 4.13. The molecule has 120 valence electrons. The molecule has 2 nitrogen and oxygen atoms in total. The largest absolute Gasteiger partial charge is 0.313 e. The van der Waals surface area contributed by atoms with Crippen LogP contribution < -0.4 is 5.32 Å². The van der Waals surface area contributed by atoms with E-state index in [2.05, 4.69) is 59.1 Å². The second-order valence-corrected chi connectivity index (χ2v) is 7.03. The second kappa shape index (κ2) is 9.83. The summed E-state index contributed by atoms with van der Waals surface area (Å²) in [7, 11) is 2.01. The van der Waals surface area contributed by atoms with Crippen LogP contribution in [-0.4, -0.2) is 31.6 Å². The van der Waals surface area contributed by atoms with Gasteiger partial charge in [0.1, 0.15) is 0 Å². The smallest absolute Gasteiger partial charge is 0.0465 e. The number of hydrogen-bond donors (Lipinski definition) is 1. The van der Waals surface area contributed by atoms with Gasteiger partial charge in [-0.1, -0.05) is 60.8 Å². The number of hydrogen-bond acceptors (Lipinski definition) is 2. The molecule has 2 unspecified atom stereocenters. The minimum atomic E-state index is 0.302. The van der Waals surface area contributed by atoms with Crippen LogP contribution in [0.3, 0.4) is 0 Å². The number of nitrogens with one attached hydrogen (secondary N) is 1. The van der Waals surface area contributed by atoms with Crippen molar-refractivity contribution in [2.75, 3.05) is 26.7 Å². The lowest BCUT2D eigenvalue weighted by Gasteiger charge is -2.26. The summed E-state index contributed by atoms with van der Waals surface area (Å²) in [4.78, 5) is 2.53. The topological polar surface area (TPSA) is 15.3 Å². The first kappa shape index (κ1) is 19.0. The highest BCUT2D eigenvalue weighted by Crippen LogP contribution is 2.28. The van der Waals surface area contributed by atoms with Crippen LogP contribution in [0.2, 0.25) is 5.02 Å². The van der Waals surface area contributed by atoms with Crippen LogP contribution in [0.1, 0.15) is 45.2 Å². The maximum Gasteiger partial charge on any atom is 0.0465 e. The van der Waals surface area contributed by atoms with Crippen molar-refractivity contribution in [3.8, 4) is 0 Å². The summed E-state index contributed by atoms with van der Waals surface area (Å²) < 4.78 is 1.03. The summed E-state index contributed by atoms with van der Waals surface area (Å²) in [5, 5.41) is 4.23. The Labute approximate surface area is 143 Å². The molecule has 2 atom stereocenters. The Morgan fingerprint density at radius 2 is 2.05 bits per heavy atom. The zero-order chi connectivity index (χ0) is 15.8.